The van der Waals surface area contributed by atoms with Crippen molar-refractivity contribution in [1.29, 1.82) is 0 Å². The molecule has 78 valence electrons. The maximum atomic E-state index is 12.8. The molecule has 0 aliphatic carbocycles. The normalized spacial score (nSPS) is 11.4. The van der Waals surface area contributed by atoms with E-state index in [1.54, 1.807) is 6.07 Å². The molecule has 0 aliphatic heterocycles. The van der Waals surface area contributed by atoms with Crippen molar-refractivity contribution < 1.29 is 13.5 Å². The summed E-state index contributed by atoms with van der Waals surface area (Å²) < 4.78 is 30.8. The highest BCUT2D eigenvalue weighted by Crippen LogP contribution is 2.38. The van der Waals surface area contributed by atoms with Crippen LogP contribution in [0.4, 0.5) is 8.78 Å². The van der Waals surface area contributed by atoms with Gasteiger partial charge in [-0.3, -0.25) is 0 Å². The summed E-state index contributed by atoms with van der Waals surface area (Å²) >= 11 is 4.93. The summed E-state index contributed by atoms with van der Waals surface area (Å²) in [7, 11) is 0. The minimum Gasteiger partial charge on any atom is -0.493 e. The third kappa shape index (κ3) is 2.84. The fraction of sp³-hybridized carbons (Fsp3) is 0.400. The molecule has 0 unspecified atom stereocenters. The van der Waals surface area contributed by atoms with Gasteiger partial charge >= 0.3 is 5.38 Å². The molecule has 0 N–H and O–H groups in total. The van der Waals surface area contributed by atoms with Gasteiger partial charge in [0.15, 0.2) is 0 Å². The Balaban J connectivity index is 2.92. The van der Waals surface area contributed by atoms with Crippen molar-refractivity contribution in [1.82, 2.24) is 0 Å². The molecule has 1 rings (SSSR count). The molecule has 0 saturated heterocycles. The van der Waals surface area contributed by atoms with E-state index in [0.29, 0.717) is 6.61 Å². The molecule has 4 heteroatoms. The van der Waals surface area contributed by atoms with Crippen molar-refractivity contribution in [3.63, 3.8) is 0 Å². The lowest BCUT2D eigenvalue weighted by Gasteiger charge is -2.13. The van der Waals surface area contributed by atoms with Gasteiger partial charge in [-0.25, -0.2) is 0 Å². The minimum atomic E-state index is -3.37. The van der Waals surface area contributed by atoms with Crippen LogP contribution in [0.2, 0.25) is 0 Å². The van der Waals surface area contributed by atoms with Crippen LogP contribution in [0, 0.1) is 0 Å². The van der Waals surface area contributed by atoms with Crippen LogP contribution in [-0.2, 0) is 5.38 Å². The molecule has 0 amide bonds. The Bertz CT molecular complexity index is 296. The largest absolute Gasteiger partial charge is 0.493 e. The number of ether oxygens (including phenoxy) is 1. The third-order valence-corrected chi connectivity index (χ3v) is 1.86. The highest BCUT2D eigenvalue weighted by molar-refractivity contribution is 6.22. The zero-order valence-corrected chi connectivity index (χ0v) is 8.52. The lowest BCUT2D eigenvalue weighted by Crippen LogP contribution is -2.07. The predicted molar refractivity (Wildman–Crippen MR) is 52.0 cm³/mol. The van der Waals surface area contributed by atoms with Crippen LogP contribution in [0.25, 0.3) is 0 Å². The number of hydrogen-bond donors (Lipinski definition) is 0. The SMILES string of the molecule is CCCOc1ccccc1C(F)(F)Cl. The van der Waals surface area contributed by atoms with Gasteiger partial charge in [-0.15, -0.1) is 0 Å². The van der Waals surface area contributed by atoms with Gasteiger partial charge in [0.25, 0.3) is 0 Å². The van der Waals surface area contributed by atoms with Gasteiger partial charge in [-0.2, -0.15) is 8.78 Å². The lowest BCUT2D eigenvalue weighted by molar-refractivity contribution is 0.0906. The van der Waals surface area contributed by atoms with Crippen LogP contribution < -0.4 is 4.74 Å². The molecule has 0 atom stereocenters. The number of para-hydroxylation sites is 1. The van der Waals surface area contributed by atoms with Crippen LogP contribution in [0.1, 0.15) is 18.9 Å². The van der Waals surface area contributed by atoms with E-state index in [2.05, 4.69) is 0 Å². The molecule has 0 fully saturated rings. The second-order valence-electron chi connectivity index (χ2n) is 2.84. The number of benzene rings is 1. The Labute approximate surface area is 86.6 Å². The number of rotatable bonds is 4. The average molecular weight is 221 g/mol. The second-order valence-corrected chi connectivity index (χ2v) is 3.32. The summed E-state index contributed by atoms with van der Waals surface area (Å²) in [6.45, 7) is 2.31. The van der Waals surface area contributed by atoms with E-state index in [4.69, 9.17) is 16.3 Å². The average Bonchev–Trinajstić information content (AvgIpc) is 2.14. The van der Waals surface area contributed by atoms with E-state index < -0.39 is 5.38 Å². The number of halogens is 3. The van der Waals surface area contributed by atoms with Gasteiger partial charge in [-0.05, 0) is 30.2 Å². The van der Waals surface area contributed by atoms with Crippen LogP contribution in [0.5, 0.6) is 5.75 Å². The summed E-state index contributed by atoms with van der Waals surface area (Å²) in [5, 5.41) is -3.37. The Kier molecular flexibility index (Phi) is 3.69. The molecule has 0 spiro atoms. The van der Waals surface area contributed by atoms with Crippen LogP contribution in [0.15, 0.2) is 24.3 Å². The standard InChI is InChI=1S/C10H11ClF2O/c1-2-7-14-9-6-4-3-5-8(9)10(11,12)13/h3-6H,2,7H2,1H3. The summed E-state index contributed by atoms with van der Waals surface area (Å²) in [4.78, 5) is 0. The molecule has 0 aliphatic rings. The monoisotopic (exact) mass is 220 g/mol. The number of alkyl halides is 3. The minimum absolute atomic E-state index is 0.148. The molecule has 0 bridgehead atoms. The molecule has 14 heavy (non-hydrogen) atoms. The fourth-order valence-electron chi connectivity index (χ4n) is 1.04. The quantitative estimate of drug-likeness (QED) is 0.702. The first kappa shape index (κ1) is 11.2. The van der Waals surface area contributed by atoms with Gasteiger partial charge in [0.1, 0.15) is 5.75 Å². The fourth-order valence-corrected chi connectivity index (χ4v) is 1.19. The van der Waals surface area contributed by atoms with Crippen molar-refractivity contribution in [2.75, 3.05) is 6.61 Å². The Hall–Kier alpha value is -0.830. The molecule has 0 radical (unpaired) electrons. The van der Waals surface area contributed by atoms with Gasteiger partial charge in [0, 0.05) is 0 Å². The van der Waals surface area contributed by atoms with E-state index in [-0.39, 0.29) is 11.3 Å². The Morgan fingerprint density at radius 2 is 2.00 bits per heavy atom. The highest BCUT2D eigenvalue weighted by Gasteiger charge is 2.31. The molecular formula is C10H11ClF2O. The molecule has 0 saturated carbocycles. The van der Waals surface area contributed by atoms with Crippen LogP contribution in [-0.4, -0.2) is 6.61 Å². The first-order valence-corrected chi connectivity index (χ1v) is 4.72. The molecule has 1 nitrogen and oxygen atoms in total. The molecular weight excluding hydrogens is 210 g/mol. The first-order chi connectivity index (χ1) is 6.55. The highest BCUT2D eigenvalue weighted by atomic mass is 35.5. The van der Waals surface area contributed by atoms with Gasteiger partial charge in [-0.1, -0.05) is 19.1 Å². The zero-order chi connectivity index (χ0) is 10.6. The van der Waals surface area contributed by atoms with E-state index in [0.717, 1.165) is 6.42 Å². The van der Waals surface area contributed by atoms with Crippen molar-refractivity contribution in [3.05, 3.63) is 29.8 Å². The van der Waals surface area contributed by atoms with E-state index in [9.17, 15) is 8.78 Å². The lowest BCUT2D eigenvalue weighted by atomic mass is 10.2. The summed E-state index contributed by atoms with van der Waals surface area (Å²) in [6, 6.07) is 5.89. The van der Waals surface area contributed by atoms with Crippen LogP contribution in [0.3, 0.4) is 0 Å². The van der Waals surface area contributed by atoms with E-state index >= 15 is 0 Å². The zero-order valence-electron chi connectivity index (χ0n) is 7.77. The molecule has 0 heterocycles. The van der Waals surface area contributed by atoms with Gasteiger partial charge in [0.05, 0.1) is 12.2 Å². The Morgan fingerprint density at radius 1 is 1.36 bits per heavy atom. The topological polar surface area (TPSA) is 9.23 Å². The molecule has 1 aromatic carbocycles. The Morgan fingerprint density at radius 3 is 2.57 bits per heavy atom. The van der Waals surface area contributed by atoms with Crippen molar-refractivity contribution in [3.8, 4) is 5.75 Å². The molecule has 1 aromatic rings. The van der Waals surface area contributed by atoms with E-state index in [1.165, 1.54) is 18.2 Å². The predicted octanol–water partition coefficient (Wildman–Crippen LogP) is 3.76. The third-order valence-electron chi connectivity index (χ3n) is 1.65. The van der Waals surface area contributed by atoms with Crippen molar-refractivity contribution >= 4 is 11.6 Å². The van der Waals surface area contributed by atoms with Gasteiger partial charge < -0.3 is 4.74 Å². The summed E-state index contributed by atoms with van der Waals surface area (Å²) in [5.41, 5.74) is -0.282. The van der Waals surface area contributed by atoms with E-state index in [1.807, 2.05) is 6.92 Å². The van der Waals surface area contributed by atoms with Crippen molar-refractivity contribution in [2.24, 2.45) is 0 Å². The van der Waals surface area contributed by atoms with Crippen molar-refractivity contribution in [2.45, 2.75) is 18.7 Å². The first-order valence-electron chi connectivity index (χ1n) is 4.34. The van der Waals surface area contributed by atoms with Crippen LogP contribution >= 0.6 is 11.6 Å². The maximum Gasteiger partial charge on any atom is 0.351 e. The maximum absolute atomic E-state index is 12.8. The summed E-state index contributed by atoms with van der Waals surface area (Å²) in [5.74, 6) is 0.148. The van der Waals surface area contributed by atoms with Gasteiger partial charge in [0.2, 0.25) is 0 Å². The summed E-state index contributed by atoms with van der Waals surface area (Å²) in [6.07, 6.45) is 0.766. The number of hydrogen-bond acceptors (Lipinski definition) is 1. The second kappa shape index (κ2) is 4.60. The molecule has 0 aromatic heterocycles. The smallest absolute Gasteiger partial charge is 0.351 e.